The molecule has 1 aromatic carbocycles. The van der Waals surface area contributed by atoms with Crippen LogP contribution in [0.1, 0.15) is 13.8 Å². The number of para-hydroxylation sites is 1. The van der Waals surface area contributed by atoms with Crippen molar-refractivity contribution in [3.63, 3.8) is 0 Å². The first-order valence-corrected chi connectivity index (χ1v) is 8.03. The quantitative estimate of drug-likeness (QED) is 0.817. The second-order valence-electron chi connectivity index (χ2n) is 5.03. The Morgan fingerprint density at radius 1 is 1.06 bits per heavy atom. The smallest absolute Gasteiger partial charge is 0.211 e. The molecule has 1 heterocycles. The fourth-order valence-corrected chi connectivity index (χ4v) is 4.25. The zero-order valence-corrected chi connectivity index (χ0v) is 11.9. The Bertz CT molecular complexity index is 489. The lowest BCUT2D eigenvalue weighted by atomic mass is 10.1. The number of hydrogen-bond donors (Lipinski definition) is 0. The third kappa shape index (κ3) is 2.67. The SMILES string of the molecule is CC1CN(c2ccccc2)CC(C)N1S(C)(=O)=O. The van der Waals surface area contributed by atoms with Crippen molar-refractivity contribution in [3.05, 3.63) is 30.3 Å². The van der Waals surface area contributed by atoms with Gasteiger partial charge in [-0.1, -0.05) is 18.2 Å². The maximum absolute atomic E-state index is 11.8. The van der Waals surface area contributed by atoms with Gasteiger partial charge < -0.3 is 4.90 Å². The molecule has 0 aliphatic carbocycles. The summed E-state index contributed by atoms with van der Waals surface area (Å²) in [6.07, 6.45) is 1.29. The Kier molecular flexibility index (Phi) is 3.64. The number of rotatable bonds is 2. The van der Waals surface area contributed by atoms with E-state index in [1.807, 2.05) is 32.0 Å². The summed E-state index contributed by atoms with van der Waals surface area (Å²) in [6, 6.07) is 10.1. The van der Waals surface area contributed by atoms with Crippen LogP contribution in [-0.4, -0.2) is 44.2 Å². The molecule has 1 fully saturated rings. The third-order valence-corrected chi connectivity index (χ3v) is 4.83. The summed E-state index contributed by atoms with van der Waals surface area (Å²) < 4.78 is 25.1. The van der Waals surface area contributed by atoms with Crippen molar-refractivity contribution in [3.8, 4) is 0 Å². The van der Waals surface area contributed by atoms with Crippen LogP contribution in [0.4, 0.5) is 5.69 Å². The van der Waals surface area contributed by atoms with Crippen LogP contribution in [-0.2, 0) is 10.0 Å². The lowest BCUT2D eigenvalue weighted by Gasteiger charge is -2.43. The molecule has 0 bridgehead atoms. The van der Waals surface area contributed by atoms with Gasteiger partial charge in [0.15, 0.2) is 0 Å². The zero-order valence-electron chi connectivity index (χ0n) is 11.1. The highest BCUT2D eigenvalue weighted by atomic mass is 32.2. The normalized spacial score (nSPS) is 26.3. The van der Waals surface area contributed by atoms with Gasteiger partial charge in [-0.25, -0.2) is 8.42 Å². The first kappa shape index (κ1) is 13.4. The molecular weight excluding hydrogens is 248 g/mol. The van der Waals surface area contributed by atoms with Crippen LogP contribution in [0.25, 0.3) is 0 Å². The van der Waals surface area contributed by atoms with E-state index in [0.717, 1.165) is 18.8 Å². The van der Waals surface area contributed by atoms with Crippen LogP contribution >= 0.6 is 0 Å². The van der Waals surface area contributed by atoms with Gasteiger partial charge in [0, 0.05) is 30.9 Å². The molecule has 2 rings (SSSR count). The zero-order chi connectivity index (χ0) is 13.3. The van der Waals surface area contributed by atoms with E-state index in [1.165, 1.54) is 6.26 Å². The van der Waals surface area contributed by atoms with E-state index in [-0.39, 0.29) is 12.1 Å². The molecule has 0 saturated carbocycles. The number of nitrogens with zero attached hydrogens (tertiary/aromatic N) is 2. The topological polar surface area (TPSA) is 40.6 Å². The van der Waals surface area contributed by atoms with E-state index in [4.69, 9.17) is 0 Å². The van der Waals surface area contributed by atoms with Crippen LogP contribution in [0, 0.1) is 0 Å². The Morgan fingerprint density at radius 3 is 2.00 bits per heavy atom. The second-order valence-corrected chi connectivity index (χ2v) is 6.92. The van der Waals surface area contributed by atoms with E-state index in [0.29, 0.717) is 0 Å². The highest BCUT2D eigenvalue weighted by Crippen LogP contribution is 2.23. The monoisotopic (exact) mass is 268 g/mol. The molecule has 0 aromatic heterocycles. The van der Waals surface area contributed by atoms with Crippen LogP contribution in [0.5, 0.6) is 0 Å². The summed E-state index contributed by atoms with van der Waals surface area (Å²) in [5.74, 6) is 0. The summed E-state index contributed by atoms with van der Waals surface area (Å²) in [6.45, 7) is 5.40. The summed E-state index contributed by atoms with van der Waals surface area (Å²) >= 11 is 0. The minimum atomic E-state index is -3.12. The molecule has 1 aromatic rings. The predicted octanol–water partition coefficient (Wildman–Crippen LogP) is 1.55. The van der Waals surface area contributed by atoms with Gasteiger partial charge in [0.2, 0.25) is 10.0 Å². The summed E-state index contributed by atoms with van der Waals surface area (Å²) in [4.78, 5) is 2.25. The average Bonchev–Trinajstić information content (AvgIpc) is 2.27. The van der Waals surface area contributed by atoms with E-state index in [2.05, 4.69) is 17.0 Å². The minimum Gasteiger partial charge on any atom is -0.368 e. The molecular formula is C13H20N2O2S. The molecule has 1 aliphatic rings. The molecule has 100 valence electrons. The molecule has 18 heavy (non-hydrogen) atoms. The molecule has 0 spiro atoms. The van der Waals surface area contributed by atoms with Gasteiger partial charge in [0.05, 0.1) is 6.26 Å². The van der Waals surface area contributed by atoms with Gasteiger partial charge in [-0.3, -0.25) is 0 Å². The second kappa shape index (κ2) is 4.90. The van der Waals surface area contributed by atoms with Gasteiger partial charge in [-0.05, 0) is 26.0 Å². The maximum atomic E-state index is 11.8. The fourth-order valence-electron chi connectivity index (χ4n) is 2.81. The van der Waals surface area contributed by atoms with Gasteiger partial charge in [-0.15, -0.1) is 0 Å². The Labute approximate surface area is 109 Å². The van der Waals surface area contributed by atoms with Crippen molar-refractivity contribution < 1.29 is 8.42 Å². The molecule has 1 saturated heterocycles. The van der Waals surface area contributed by atoms with E-state index < -0.39 is 10.0 Å². The highest BCUT2D eigenvalue weighted by molar-refractivity contribution is 7.88. The molecule has 2 atom stereocenters. The van der Waals surface area contributed by atoms with Crippen LogP contribution < -0.4 is 4.90 Å². The molecule has 0 N–H and O–H groups in total. The summed E-state index contributed by atoms with van der Waals surface area (Å²) in [5.41, 5.74) is 1.16. The van der Waals surface area contributed by atoms with Crippen molar-refractivity contribution >= 4 is 15.7 Å². The van der Waals surface area contributed by atoms with Crippen molar-refractivity contribution in [2.24, 2.45) is 0 Å². The van der Waals surface area contributed by atoms with Crippen molar-refractivity contribution in [2.75, 3.05) is 24.2 Å². The van der Waals surface area contributed by atoms with Gasteiger partial charge in [0.1, 0.15) is 0 Å². The number of hydrogen-bond acceptors (Lipinski definition) is 3. The van der Waals surface area contributed by atoms with Crippen LogP contribution in [0.2, 0.25) is 0 Å². The fraction of sp³-hybridized carbons (Fsp3) is 0.538. The highest BCUT2D eigenvalue weighted by Gasteiger charge is 2.35. The van der Waals surface area contributed by atoms with Crippen molar-refractivity contribution in [2.45, 2.75) is 25.9 Å². The van der Waals surface area contributed by atoms with Gasteiger partial charge >= 0.3 is 0 Å². The number of sulfonamides is 1. The summed E-state index contributed by atoms with van der Waals surface area (Å²) in [5, 5.41) is 0. The average molecular weight is 268 g/mol. The number of benzene rings is 1. The maximum Gasteiger partial charge on any atom is 0.211 e. The lowest BCUT2D eigenvalue weighted by Crippen LogP contribution is -2.58. The molecule has 1 aliphatic heterocycles. The van der Waals surface area contributed by atoms with Crippen LogP contribution in [0.15, 0.2) is 30.3 Å². The Morgan fingerprint density at radius 2 is 1.56 bits per heavy atom. The molecule has 2 unspecified atom stereocenters. The largest absolute Gasteiger partial charge is 0.368 e. The van der Waals surface area contributed by atoms with Crippen LogP contribution in [0.3, 0.4) is 0 Å². The molecule has 0 radical (unpaired) electrons. The third-order valence-electron chi connectivity index (χ3n) is 3.34. The first-order chi connectivity index (χ1) is 8.39. The van der Waals surface area contributed by atoms with E-state index >= 15 is 0 Å². The van der Waals surface area contributed by atoms with E-state index in [9.17, 15) is 8.42 Å². The number of anilines is 1. The Balaban J connectivity index is 2.20. The van der Waals surface area contributed by atoms with Gasteiger partial charge in [-0.2, -0.15) is 4.31 Å². The van der Waals surface area contributed by atoms with Gasteiger partial charge in [0.25, 0.3) is 0 Å². The summed E-state index contributed by atoms with van der Waals surface area (Å²) in [7, 11) is -3.12. The Hall–Kier alpha value is -1.07. The lowest BCUT2D eigenvalue weighted by molar-refractivity contribution is 0.243. The number of piperazine rings is 1. The van der Waals surface area contributed by atoms with Crippen molar-refractivity contribution in [1.29, 1.82) is 0 Å². The van der Waals surface area contributed by atoms with E-state index in [1.54, 1.807) is 4.31 Å². The first-order valence-electron chi connectivity index (χ1n) is 6.18. The molecule has 5 heteroatoms. The molecule has 0 amide bonds. The van der Waals surface area contributed by atoms with Crippen molar-refractivity contribution in [1.82, 2.24) is 4.31 Å². The predicted molar refractivity (Wildman–Crippen MR) is 74.3 cm³/mol. The minimum absolute atomic E-state index is 0.00366. The standard InChI is InChI=1S/C13H20N2O2S/c1-11-9-14(13-7-5-4-6-8-13)10-12(2)15(11)18(3,16)17/h4-8,11-12H,9-10H2,1-3H3. The molecule has 4 nitrogen and oxygen atoms in total.